The summed E-state index contributed by atoms with van der Waals surface area (Å²) >= 11 is 0. The standard InChI is InChI=1S/C16H15N3/c17-10-6-2-1-3-7-14-11-13-8-4-5-9-15(13)19-16(14)12-18/h4-5,8-9,11H,1-2,6,10,17H2. The van der Waals surface area contributed by atoms with E-state index in [4.69, 9.17) is 11.0 Å². The summed E-state index contributed by atoms with van der Waals surface area (Å²) in [5.74, 6) is 6.12. The highest BCUT2D eigenvalue weighted by atomic mass is 14.7. The molecule has 0 aliphatic heterocycles. The number of nitrogens with zero attached hydrogens (tertiary/aromatic N) is 2. The predicted molar refractivity (Wildman–Crippen MR) is 76.2 cm³/mol. The highest BCUT2D eigenvalue weighted by Gasteiger charge is 2.03. The minimum absolute atomic E-state index is 0.394. The Bertz CT molecular complexity index is 672. The molecule has 1 aromatic carbocycles. The largest absolute Gasteiger partial charge is 0.330 e. The third-order valence-corrected chi connectivity index (χ3v) is 2.81. The van der Waals surface area contributed by atoms with Crippen LogP contribution in [0.25, 0.3) is 10.9 Å². The van der Waals surface area contributed by atoms with Crippen molar-refractivity contribution >= 4 is 10.9 Å². The minimum Gasteiger partial charge on any atom is -0.330 e. The average molecular weight is 249 g/mol. The molecular weight excluding hydrogens is 234 g/mol. The zero-order chi connectivity index (χ0) is 13.5. The summed E-state index contributed by atoms with van der Waals surface area (Å²) in [7, 11) is 0. The Kier molecular flexibility index (Phi) is 4.50. The summed E-state index contributed by atoms with van der Waals surface area (Å²) in [4.78, 5) is 4.33. The summed E-state index contributed by atoms with van der Waals surface area (Å²) in [6.45, 7) is 0.697. The van der Waals surface area contributed by atoms with Crippen molar-refractivity contribution in [3.63, 3.8) is 0 Å². The van der Waals surface area contributed by atoms with Gasteiger partial charge in [-0.3, -0.25) is 0 Å². The number of nitrogens with two attached hydrogens (primary N) is 1. The Hall–Kier alpha value is -2.36. The van der Waals surface area contributed by atoms with Crippen LogP contribution >= 0.6 is 0 Å². The number of hydrogen-bond acceptors (Lipinski definition) is 3. The second kappa shape index (κ2) is 6.54. The summed E-state index contributed by atoms with van der Waals surface area (Å²) in [6.07, 6.45) is 2.77. The van der Waals surface area contributed by atoms with Crippen molar-refractivity contribution in [2.24, 2.45) is 5.73 Å². The molecule has 0 fully saturated rings. The van der Waals surface area contributed by atoms with E-state index in [1.165, 1.54) is 0 Å². The number of para-hydroxylation sites is 1. The number of benzene rings is 1. The molecular formula is C16H15N3. The molecule has 1 aromatic heterocycles. The third-order valence-electron chi connectivity index (χ3n) is 2.81. The van der Waals surface area contributed by atoms with E-state index in [9.17, 15) is 0 Å². The monoisotopic (exact) mass is 249 g/mol. The van der Waals surface area contributed by atoms with Crippen molar-refractivity contribution in [2.45, 2.75) is 19.3 Å². The maximum absolute atomic E-state index is 9.12. The van der Waals surface area contributed by atoms with Gasteiger partial charge in [0.15, 0.2) is 5.69 Å². The van der Waals surface area contributed by atoms with Gasteiger partial charge in [0.05, 0.1) is 11.1 Å². The number of aromatic nitrogens is 1. The lowest BCUT2D eigenvalue weighted by Gasteiger charge is -1.99. The number of rotatable bonds is 3. The highest BCUT2D eigenvalue weighted by molar-refractivity contribution is 5.81. The molecule has 94 valence electrons. The molecule has 2 N–H and O–H groups in total. The molecule has 2 aromatic rings. The Labute approximate surface area is 113 Å². The third kappa shape index (κ3) is 3.31. The molecule has 0 radical (unpaired) electrons. The van der Waals surface area contributed by atoms with Gasteiger partial charge in [-0.25, -0.2) is 4.98 Å². The smallest absolute Gasteiger partial charge is 0.156 e. The molecule has 0 atom stereocenters. The maximum Gasteiger partial charge on any atom is 0.156 e. The molecule has 3 heteroatoms. The van der Waals surface area contributed by atoms with Crippen molar-refractivity contribution in [1.29, 1.82) is 5.26 Å². The van der Waals surface area contributed by atoms with E-state index in [0.29, 0.717) is 17.8 Å². The van der Waals surface area contributed by atoms with Crippen LogP contribution in [0.3, 0.4) is 0 Å². The quantitative estimate of drug-likeness (QED) is 0.671. The summed E-state index contributed by atoms with van der Waals surface area (Å²) in [6, 6.07) is 11.8. The summed E-state index contributed by atoms with van der Waals surface area (Å²) in [5.41, 5.74) is 7.35. The van der Waals surface area contributed by atoms with Crippen molar-refractivity contribution in [1.82, 2.24) is 4.98 Å². The van der Waals surface area contributed by atoms with Gasteiger partial charge in [0, 0.05) is 11.8 Å². The summed E-state index contributed by atoms with van der Waals surface area (Å²) in [5, 5.41) is 10.1. The predicted octanol–water partition coefficient (Wildman–Crippen LogP) is 2.59. The van der Waals surface area contributed by atoms with Crippen molar-refractivity contribution in [2.75, 3.05) is 6.54 Å². The van der Waals surface area contributed by atoms with Crippen LogP contribution < -0.4 is 5.73 Å². The number of nitriles is 1. The average Bonchev–Trinajstić information content (AvgIpc) is 2.46. The highest BCUT2D eigenvalue weighted by Crippen LogP contribution is 2.15. The topological polar surface area (TPSA) is 62.7 Å². The van der Waals surface area contributed by atoms with Crippen LogP contribution in [0.15, 0.2) is 30.3 Å². The fourth-order valence-corrected chi connectivity index (χ4v) is 1.81. The zero-order valence-electron chi connectivity index (χ0n) is 10.7. The van der Waals surface area contributed by atoms with Crippen molar-refractivity contribution in [3.8, 4) is 17.9 Å². The lowest BCUT2D eigenvalue weighted by Crippen LogP contribution is -1.97. The molecule has 0 bridgehead atoms. The van der Waals surface area contributed by atoms with Gasteiger partial charge in [-0.1, -0.05) is 30.0 Å². The van der Waals surface area contributed by atoms with Gasteiger partial charge >= 0.3 is 0 Å². The van der Waals surface area contributed by atoms with Crippen LogP contribution in [0.1, 0.15) is 30.5 Å². The van der Waals surface area contributed by atoms with Gasteiger partial charge in [0.25, 0.3) is 0 Å². The molecule has 1 heterocycles. The van der Waals surface area contributed by atoms with Gasteiger partial charge in [-0.2, -0.15) is 5.26 Å². The van der Waals surface area contributed by atoms with Crippen molar-refractivity contribution in [3.05, 3.63) is 41.6 Å². The van der Waals surface area contributed by atoms with E-state index in [-0.39, 0.29) is 0 Å². The van der Waals surface area contributed by atoms with E-state index in [1.807, 2.05) is 30.3 Å². The van der Waals surface area contributed by atoms with Crippen LogP contribution in [0.5, 0.6) is 0 Å². The molecule has 0 saturated carbocycles. The van der Waals surface area contributed by atoms with E-state index in [1.54, 1.807) is 0 Å². The second-order valence-corrected chi connectivity index (χ2v) is 4.24. The molecule has 0 aliphatic carbocycles. The Balaban J connectivity index is 2.29. The normalized spacial score (nSPS) is 9.68. The van der Waals surface area contributed by atoms with Crippen LogP contribution in [-0.2, 0) is 0 Å². The van der Waals surface area contributed by atoms with Crippen LogP contribution in [0.4, 0.5) is 0 Å². The second-order valence-electron chi connectivity index (χ2n) is 4.24. The summed E-state index contributed by atoms with van der Waals surface area (Å²) < 4.78 is 0. The van der Waals surface area contributed by atoms with E-state index in [2.05, 4.69) is 22.9 Å². The molecule has 3 nitrogen and oxygen atoms in total. The van der Waals surface area contributed by atoms with Gasteiger partial charge in [0.1, 0.15) is 6.07 Å². The molecule has 0 spiro atoms. The minimum atomic E-state index is 0.394. The lowest BCUT2D eigenvalue weighted by molar-refractivity contribution is 0.768. The molecule has 19 heavy (non-hydrogen) atoms. The Morgan fingerprint density at radius 3 is 2.84 bits per heavy atom. The first-order valence-corrected chi connectivity index (χ1v) is 6.34. The van der Waals surface area contributed by atoms with E-state index < -0.39 is 0 Å². The molecule has 0 amide bonds. The first kappa shape index (κ1) is 13.1. The first-order valence-electron chi connectivity index (χ1n) is 6.34. The van der Waals surface area contributed by atoms with Crippen LogP contribution in [0, 0.1) is 23.2 Å². The zero-order valence-corrected chi connectivity index (χ0v) is 10.7. The van der Waals surface area contributed by atoms with Gasteiger partial charge in [0.2, 0.25) is 0 Å². The maximum atomic E-state index is 9.12. The lowest BCUT2D eigenvalue weighted by atomic mass is 10.1. The first-order chi connectivity index (χ1) is 9.35. The number of fused-ring (bicyclic) bond motifs is 1. The van der Waals surface area contributed by atoms with E-state index in [0.717, 1.165) is 30.2 Å². The molecule has 0 unspecified atom stereocenters. The van der Waals surface area contributed by atoms with Gasteiger partial charge in [-0.15, -0.1) is 0 Å². The van der Waals surface area contributed by atoms with Gasteiger partial charge < -0.3 is 5.73 Å². The fraction of sp³-hybridized carbons (Fsp3) is 0.250. The molecule has 0 aliphatic rings. The SMILES string of the molecule is N#Cc1nc2ccccc2cc1C#CCCCCN. The van der Waals surface area contributed by atoms with Gasteiger partial charge in [-0.05, 0) is 31.5 Å². The number of unbranched alkanes of at least 4 members (excludes halogenated alkanes) is 2. The Morgan fingerprint density at radius 1 is 1.21 bits per heavy atom. The number of pyridine rings is 1. The molecule has 2 rings (SSSR count). The fourth-order valence-electron chi connectivity index (χ4n) is 1.81. The Morgan fingerprint density at radius 2 is 2.05 bits per heavy atom. The van der Waals surface area contributed by atoms with Crippen LogP contribution in [0.2, 0.25) is 0 Å². The number of hydrogen-bond donors (Lipinski definition) is 1. The van der Waals surface area contributed by atoms with E-state index >= 15 is 0 Å². The van der Waals surface area contributed by atoms with Crippen LogP contribution in [-0.4, -0.2) is 11.5 Å². The molecule has 0 saturated heterocycles. The van der Waals surface area contributed by atoms with Crippen molar-refractivity contribution < 1.29 is 0 Å².